The lowest BCUT2D eigenvalue weighted by Gasteiger charge is -2.01. The third-order valence-electron chi connectivity index (χ3n) is 2.97. The largest absolute Gasteiger partial charge is 0.294 e. The minimum atomic E-state index is 0.157. The number of hydrogen-bond donors (Lipinski definition) is 0. The van der Waals surface area contributed by atoms with E-state index in [4.69, 9.17) is 0 Å². The number of hydrogen-bond acceptors (Lipinski definition) is 2. The minimum absolute atomic E-state index is 0.157. The number of carbonyl (C=O) groups is 1. The zero-order valence-electron chi connectivity index (χ0n) is 10.7. The van der Waals surface area contributed by atoms with Crippen LogP contribution in [-0.2, 0) is 13.0 Å². The summed E-state index contributed by atoms with van der Waals surface area (Å²) in [4.78, 5) is 11.5. The summed E-state index contributed by atoms with van der Waals surface area (Å²) in [7, 11) is 0. The zero-order chi connectivity index (χ0) is 12.8. The second kappa shape index (κ2) is 6.15. The van der Waals surface area contributed by atoms with E-state index in [0.717, 1.165) is 24.9 Å². The van der Waals surface area contributed by atoms with E-state index < -0.39 is 0 Å². The molecule has 3 nitrogen and oxygen atoms in total. The predicted octanol–water partition coefficient (Wildman–Crippen LogP) is 3.11. The molecular weight excluding hydrogens is 224 g/mol. The molecule has 18 heavy (non-hydrogen) atoms. The van der Waals surface area contributed by atoms with E-state index in [1.165, 1.54) is 5.56 Å². The van der Waals surface area contributed by atoms with E-state index in [1.54, 1.807) is 6.20 Å². The maximum atomic E-state index is 11.5. The number of nitrogens with zero attached hydrogens (tertiary/aromatic N) is 2. The smallest absolute Gasteiger partial charge is 0.165 e. The van der Waals surface area contributed by atoms with Gasteiger partial charge in [0.1, 0.15) is 0 Å². The Labute approximate surface area is 107 Å². The first-order valence-electron chi connectivity index (χ1n) is 6.39. The quantitative estimate of drug-likeness (QED) is 0.729. The SMILES string of the molecule is CCC(=O)c1cnn(CCCc2ccccc2)c1. The molecule has 0 aliphatic carbocycles. The Bertz CT molecular complexity index is 502. The molecule has 2 rings (SSSR count). The molecule has 0 radical (unpaired) electrons. The lowest BCUT2D eigenvalue weighted by molar-refractivity contribution is 0.0988. The van der Waals surface area contributed by atoms with Gasteiger partial charge in [0.25, 0.3) is 0 Å². The average Bonchev–Trinajstić information content (AvgIpc) is 2.88. The summed E-state index contributed by atoms with van der Waals surface area (Å²) in [5, 5.41) is 4.21. The fraction of sp³-hybridized carbons (Fsp3) is 0.333. The highest BCUT2D eigenvalue weighted by Gasteiger charge is 2.05. The van der Waals surface area contributed by atoms with Gasteiger partial charge >= 0.3 is 0 Å². The van der Waals surface area contributed by atoms with Crippen molar-refractivity contribution in [2.75, 3.05) is 0 Å². The van der Waals surface area contributed by atoms with E-state index >= 15 is 0 Å². The van der Waals surface area contributed by atoms with Gasteiger partial charge in [-0.2, -0.15) is 5.10 Å². The van der Waals surface area contributed by atoms with Crippen molar-refractivity contribution in [2.24, 2.45) is 0 Å². The van der Waals surface area contributed by atoms with Crippen molar-refractivity contribution >= 4 is 5.78 Å². The molecule has 0 amide bonds. The Kier molecular flexibility index (Phi) is 4.29. The van der Waals surface area contributed by atoms with Crippen LogP contribution in [0.15, 0.2) is 42.7 Å². The molecule has 0 spiro atoms. The molecule has 1 heterocycles. The number of rotatable bonds is 6. The minimum Gasteiger partial charge on any atom is -0.294 e. The van der Waals surface area contributed by atoms with Gasteiger partial charge in [-0.25, -0.2) is 0 Å². The van der Waals surface area contributed by atoms with Crippen molar-refractivity contribution in [3.8, 4) is 0 Å². The fourth-order valence-electron chi connectivity index (χ4n) is 1.92. The Hall–Kier alpha value is -1.90. The molecule has 0 atom stereocenters. The summed E-state index contributed by atoms with van der Waals surface area (Å²) >= 11 is 0. The van der Waals surface area contributed by atoms with Gasteiger partial charge in [0.2, 0.25) is 0 Å². The Balaban J connectivity index is 1.84. The summed E-state index contributed by atoms with van der Waals surface area (Å²) in [6.45, 7) is 2.72. The first-order valence-corrected chi connectivity index (χ1v) is 6.39. The van der Waals surface area contributed by atoms with Crippen LogP contribution in [0.2, 0.25) is 0 Å². The van der Waals surface area contributed by atoms with Gasteiger partial charge in [0.05, 0.1) is 11.8 Å². The number of Topliss-reactive ketones (excluding diaryl/α,β-unsaturated/α-hetero) is 1. The molecule has 0 saturated carbocycles. The second-order valence-corrected chi connectivity index (χ2v) is 4.36. The van der Waals surface area contributed by atoms with E-state index in [0.29, 0.717) is 6.42 Å². The first kappa shape index (κ1) is 12.6. The maximum absolute atomic E-state index is 11.5. The van der Waals surface area contributed by atoms with Gasteiger partial charge in [-0.15, -0.1) is 0 Å². The lowest BCUT2D eigenvalue weighted by Crippen LogP contribution is -2.00. The summed E-state index contributed by atoms with van der Waals surface area (Å²) < 4.78 is 1.85. The van der Waals surface area contributed by atoms with E-state index in [1.807, 2.05) is 23.9 Å². The third kappa shape index (κ3) is 3.29. The molecule has 0 bridgehead atoms. The topological polar surface area (TPSA) is 34.9 Å². The maximum Gasteiger partial charge on any atom is 0.165 e. The molecule has 0 aliphatic rings. The van der Waals surface area contributed by atoms with Crippen LogP contribution in [0.4, 0.5) is 0 Å². The van der Waals surface area contributed by atoms with Gasteiger partial charge in [-0.1, -0.05) is 37.3 Å². The van der Waals surface area contributed by atoms with Gasteiger partial charge < -0.3 is 0 Å². The number of aromatic nitrogens is 2. The summed E-state index contributed by atoms with van der Waals surface area (Å²) in [6.07, 6.45) is 6.12. The van der Waals surface area contributed by atoms with Crippen LogP contribution in [0.3, 0.4) is 0 Å². The molecule has 0 fully saturated rings. The van der Waals surface area contributed by atoms with Crippen molar-refractivity contribution in [1.82, 2.24) is 9.78 Å². The number of carbonyl (C=O) groups excluding carboxylic acids is 1. The van der Waals surface area contributed by atoms with Crippen LogP contribution in [0, 0.1) is 0 Å². The number of aryl methyl sites for hydroxylation is 2. The van der Waals surface area contributed by atoms with Gasteiger partial charge in [-0.05, 0) is 18.4 Å². The average molecular weight is 242 g/mol. The molecule has 1 aromatic carbocycles. The first-order chi connectivity index (χ1) is 8.79. The Morgan fingerprint density at radius 3 is 2.78 bits per heavy atom. The monoisotopic (exact) mass is 242 g/mol. The molecule has 2 aromatic rings. The highest BCUT2D eigenvalue weighted by Crippen LogP contribution is 2.06. The zero-order valence-corrected chi connectivity index (χ0v) is 10.7. The van der Waals surface area contributed by atoms with E-state index in [2.05, 4.69) is 29.4 Å². The molecule has 0 saturated heterocycles. The third-order valence-corrected chi connectivity index (χ3v) is 2.97. The molecule has 0 unspecified atom stereocenters. The lowest BCUT2D eigenvalue weighted by atomic mass is 10.1. The van der Waals surface area contributed by atoms with Gasteiger partial charge in [0.15, 0.2) is 5.78 Å². The van der Waals surface area contributed by atoms with Crippen LogP contribution in [0.1, 0.15) is 35.7 Å². The molecule has 3 heteroatoms. The van der Waals surface area contributed by atoms with Crippen LogP contribution >= 0.6 is 0 Å². The highest BCUT2D eigenvalue weighted by atomic mass is 16.1. The molecule has 94 valence electrons. The Morgan fingerprint density at radius 2 is 2.06 bits per heavy atom. The van der Waals surface area contributed by atoms with Crippen LogP contribution in [0.25, 0.3) is 0 Å². The van der Waals surface area contributed by atoms with Crippen LogP contribution in [0.5, 0.6) is 0 Å². The summed E-state index contributed by atoms with van der Waals surface area (Å²) in [5.74, 6) is 0.157. The van der Waals surface area contributed by atoms with Crippen LogP contribution in [-0.4, -0.2) is 15.6 Å². The fourth-order valence-corrected chi connectivity index (χ4v) is 1.92. The highest BCUT2D eigenvalue weighted by molar-refractivity contribution is 5.95. The molecule has 0 aliphatic heterocycles. The normalized spacial score (nSPS) is 10.5. The van der Waals surface area contributed by atoms with E-state index in [9.17, 15) is 4.79 Å². The molecule has 0 N–H and O–H groups in total. The summed E-state index contributed by atoms with van der Waals surface area (Å²) in [6, 6.07) is 10.4. The number of benzene rings is 1. The standard InChI is InChI=1S/C15H18N2O/c1-2-15(18)14-11-16-17(12-14)10-6-9-13-7-4-3-5-8-13/h3-5,7-8,11-12H,2,6,9-10H2,1H3. The van der Waals surface area contributed by atoms with Gasteiger partial charge in [-0.3, -0.25) is 9.48 Å². The second-order valence-electron chi connectivity index (χ2n) is 4.36. The van der Waals surface area contributed by atoms with Crippen molar-refractivity contribution in [3.05, 3.63) is 53.9 Å². The Morgan fingerprint density at radius 1 is 1.28 bits per heavy atom. The summed E-state index contributed by atoms with van der Waals surface area (Å²) in [5.41, 5.74) is 2.06. The molecule has 1 aromatic heterocycles. The van der Waals surface area contributed by atoms with Crippen molar-refractivity contribution < 1.29 is 4.79 Å². The van der Waals surface area contributed by atoms with Crippen molar-refractivity contribution in [1.29, 1.82) is 0 Å². The number of ketones is 1. The van der Waals surface area contributed by atoms with E-state index in [-0.39, 0.29) is 5.78 Å². The van der Waals surface area contributed by atoms with Crippen LogP contribution < -0.4 is 0 Å². The van der Waals surface area contributed by atoms with Crippen molar-refractivity contribution in [2.45, 2.75) is 32.7 Å². The predicted molar refractivity (Wildman–Crippen MR) is 71.6 cm³/mol. The molecular formula is C15H18N2O. The van der Waals surface area contributed by atoms with Gasteiger partial charge in [0, 0.05) is 19.2 Å². The van der Waals surface area contributed by atoms with Crippen molar-refractivity contribution in [3.63, 3.8) is 0 Å².